The summed E-state index contributed by atoms with van der Waals surface area (Å²) in [7, 11) is 0. The molecule has 132 valence electrons. The first kappa shape index (κ1) is 18.9. The third-order valence-electron chi connectivity index (χ3n) is 5.27. The van der Waals surface area contributed by atoms with E-state index < -0.39 is 6.10 Å². The van der Waals surface area contributed by atoms with Gasteiger partial charge in [-0.05, 0) is 43.3 Å². The van der Waals surface area contributed by atoms with Gasteiger partial charge in [0.15, 0.2) is 5.78 Å². The van der Waals surface area contributed by atoms with Gasteiger partial charge in [0.05, 0.1) is 18.4 Å². The molecule has 1 unspecified atom stereocenters. The van der Waals surface area contributed by atoms with E-state index in [2.05, 4.69) is 12.6 Å². The molecule has 2 rings (SSSR count). The first-order valence-corrected chi connectivity index (χ1v) is 8.56. The summed E-state index contributed by atoms with van der Waals surface area (Å²) >= 11 is 0. The molecule has 2 aliphatic carbocycles. The quantitative estimate of drug-likeness (QED) is 0.317. The SMILES string of the molecule is C=CCC1=C(C)C(OC(=O)[C@@H]2[C@@H](C=C(C#N)C=CC)C2(C)C)CC1=O. The Morgan fingerprint density at radius 3 is 2.72 bits per heavy atom. The van der Waals surface area contributed by atoms with Gasteiger partial charge in [0.25, 0.3) is 0 Å². The Bertz CT molecular complexity index is 731. The van der Waals surface area contributed by atoms with Crippen molar-refractivity contribution < 1.29 is 14.3 Å². The van der Waals surface area contributed by atoms with E-state index in [-0.39, 0.29) is 35.4 Å². The van der Waals surface area contributed by atoms with Gasteiger partial charge in [-0.3, -0.25) is 9.59 Å². The normalized spacial score (nSPS) is 28.2. The third kappa shape index (κ3) is 3.66. The van der Waals surface area contributed by atoms with Crippen LogP contribution in [0.2, 0.25) is 0 Å². The van der Waals surface area contributed by atoms with Crippen LogP contribution >= 0.6 is 0 Å². The minimum atomic E-state index is -0.470. The Kier molecular flexibility index (Phi) is 5.47. The van der Waals surface area contributed by atoms with E-state index in [9.17, 15) is 9.59 Å². The molecule has 25 heavy (non-hydrogen) atoms. The van der Waals surface area contributed by atoms with E-state index in [1.807, 2.05) is 33.8 Å². The summed E-state index contributed by atoms with van der Waals surface area (Å²) in [6.07, 6.45) is 7.33. The van der Waals surface area contributed by atoms with Crippen molar-refractivity contribution in [1.29, 1.82) is 5.26 Å². The molecular weight excluding hydrogens is 314 g/mol. The molecule has 0 spiro atoms. The summed E-state index contributed by atoms with van der Waals surface area (Å²) in [6, 6.07) is 2.14. The summed E-state index contributed by atoms with van der Waals surface area (Å²) in [5, 5.41) is 9.16. The first-order chi connectivity index (χ1) is 11.8. The standard InChI is InChI=1S/C21H25NO3/c1-6-8-14(12-22)10-16-19(21(16,4)5)20(24)25-18-11-17(23)15(9-7-2)13(18)3/h6-8,10,16,18-19H,2,9,11H2,1,3-5H3/t16-,18?,19+/m1/s1. The third-order valence-corrected chi connectivity index (χ3v) is 5.27. The number of nitrogens with zero attached hydrogens (tertiary/aromatic N) is 1. The molecule has 0 amide bonds. The number of ether oxygens (including phenoxy) is 1. The molecule has 0 N–H and O–H groups in total. The smallest absolute Gasteiger partial charge is 0.310 e. The fourth-order valence-electron chi connectivity index (χ4n) is 3.56. The summed E-state index contributed by atoms with van der Waals surface area (Å²) in [5.41, 5.74) is 1.84. The van der Waals surface area contributed by atoms with Crippen molar-refractivity contribution in [2.45, 2.75) is 46.6 Å². The van der Waals surface area contributed by atoms with Gasteiger partial charge in [0.2, 0.25) is 0 Å². The molecule has 0 aromatic heterocycles. The van der Waals surface area contributed by atoms with E-state index in [1.165, 1.54) is 0 Å². The number of carbonyl (C=O) groups is 2. The van der Waals surface area contributed by atoms with Crippen LogP contribution in [0.5, 0.6) is 0 Å². The van der Waals surface area contributed by atoms with Crippen LogP contribution in [0.4, 0.5) is 0 Å². The number of nitriles is 1. The van der Waals surface area contributed by atoms with Crippen molar-refractivity contribution >= 4 is 11.8 Å². The van der Waals surface area contributed by atoms with E-state index in [0.717, 1.165) is 5.57 Å². The Morgan fingerprint density at radius 1 is 1.48 bits per heavy atom. The van der Waals surface area contributed by atoms with Crippen LogP contribution in [0, 0.1) is 28.6 Å². The largest absolute Gasteiger partial charge is 0.457 e. The van der Waals surface area contributed by atoms with Crippen molar-refractivity contribution in [3.8, 4) is 6.07 Å². The maximum Gasteiger partial charge on any atom is 0.310 e. The van der Waals surface area contributed by atoms with Crippen LogP contribution in [0.15, 0.2) is 47.6 Å². The van der Waals surface area contributed by atoms with E-state index in [4.69, 9.17) is 10.00 Å². The summed E-state index contributed by atoms with van der Waals surface area (Å²) in [5.74, 6) is -0.574. The lowest BCUT2D eigenvalue weighted by molar-refractivity contribution is -0.150. The molecule has 2 aliphatic rings. The van der Waals surface area contributed by atoms with Gasteiger partial charge in [-0.1, -0.05) is 32.1 Å². The van der Waals surface area contributed by atoms with Gasteiger partial charge in [-0.2, -0.15) is 5.26 Å². The number of carbonyl (C=O) groups excluding carboxylic acids is 2. The van der Waals surface area contributed by atoms with E-state index in [1.54, 1.807) is 18.2 Å². The second-order valence-corrected chi connectivity index (χ2v) is 7.27. The van der Waals surface area contributed by atoms with Crippen LogP contribution in [-0.4, -0.2) is 17.9 Å². The number of hydrogen-bond donors (Lipinski definition) is 0. The van der Waals surface area contributed by atoms with Crippen molar-refractivity contribution in [2.24, 2.45) is 17.3 Å². The zero-order valence-electron chi connectivity index (χ0n) is 15.3. The zero-order chi connectivity index (χ0) is 18.8. The Hall–Kier alpha value is -2.41. The van der Waals surface area contributed by atoms with Crippen LogP contribution in [0.1, 0.15) is 40.5 Å². The first-order valence-electron chi connectivity index (χ1n) is 8.56. The van der Waals surface area contributed by atoms with Gasteiger partial charge in [0, 0.05) is 11.1 Å². The predicted molar refractivity (Wildman–Crippen MR) is 96.3 cm³/mol. The number of esters is 1. The Balaban J connectivity index is 2.11. The van der Waals surface area contributed by atoms with Crippen molar-refractivity contribution in [3.63, 3.8) is 0 Å². The fraction of sp³-hybridized carbons (Fsp3) is 0.476. The van der Waals surface area contributed by atoms with Gasteiger partial charge >= 0.3 is 5.97 Å². The molecule has 0 radical (unpaired) electrons. The average molecular weight is 339 g/mol. The molecule has 0 heterocycles. The molecule has 0 bridgehead atoms. The summed E-state index contributed by atoms with van der Waals surface area (Å²) in [6.45, 7) is 11.4. The van der Waals surface area contributed by atoms with Crippen LogP contribution in [-0.2, 0) is 14.3 Å². The Labute approximate surface area is 149 Å². The highest BCUT2D eigenvalue weighted by molar-refractivity contribution is 6.00. The minimum absolute atomic E-state index is 0.0279. The molecule has 0 aliphatic heterocycles. The molecule has 1 fully saturated rings. The highest BCUT2D eigenvalue weighted by Crippen LogP contribution is 2.60. The number of hydrogen-bond acceptors (Lipinski definition) is 4. The minimum Gasteiger partial charge on any atom is -0.457 e. The van der Waals surface area contributed by atoms with Gasteiger partial charge < -0.3 is 4.74 Å². The highest BCUT2D eigenvalue weighted by atomic mass is 16.5. The summed E-state index contributed by atoms with van der Waals surface area (Å²) < 4.78 is 5.65. The molecule has 4 heteroatoms. The lowest BCUT2D eigenvalue weighted by Crippen LogP contribution is -2.20. The topological polar surface area (TPSA) is 67.2 Å². The van der Waals surface area contributed by atoms with Crippen molar-refractivity contribution in [1.82, 2.24) is 0 Å². The number of rotatable bonds is 6. The maximum atomic E-state index is 12.6. The van der Waals surface area contributed by atoms with Gasteiger partial charge in [-0.15, -0.1) is 6.58 Å². The van der Waals surface area contributed by atoms with Crippen molar-refractivity contribution in [3.05, 3.63) is 47.6 Å². The molecule has 1 saturated carbocycles. The van der Waals surface area contributed by atoms with Crippen molar-refractivity contribution in [2.75, 3.05) is 0 Å². The van der Waals surface area contributed by atoms with Crippen LogP contribution in [0.3, 0.4) is 0 Å². The maximum absolute atomic E-state index is 12.6. The fourth-order valence-corrected chi connectivity index (χ4v) is 3.56. The zero-order valence-corrected chi connectivity index (χ0v) is 15.3. The molecular formula is C21H25NO3. The van der Waals surface area contributed by atoms with Crippen LogP contribution < -0.4 is 0 Å². The average Bonchev–Trinajstić information content (AvgIpc) is 3.00. The van der Waals surface area contributed by atoms with Gasteiger partial charge in [0.1, 0.15) is 6.10 Å². The van der Waals surface area contributed by atoms with Crippen LogP contribution in [0.25, 0.3) is 0 Å². The lowest BCUT2D eigenvalue weighted by atomic mass is 10.1. The van der Waals surface area contributed by atoms with E-state index >= 15 is 0 Å². The number of allylic oxidation sites excluding steroid dienone is 6. The second kappa shape index (κ2) is 7.23. The molecule has 0 aromatic rings. The number of ketones is 1. The monoisotopic (exact) mass is 339 g/mol. The lowest BCUT2D eigenvalue weighted by Gasteiger charge is -2.13. The highest BCUT2D eigenvalue weighted by Gasteiger charge is 2.62. The molecule has 0 saturated heterocycles. The number of Topliss-reactive ketones (excluding diaryl/α,β-unsaturated/α-hetero) is 1. The predicted octanol–water partition coefficient (Wildman–Crippen LogP) is 4.06. The van der Waals surface area contributed by atoms with Gasteiger partial charge in [-0.25, -0.2) is 0 Å². The second-order valence-electron chi connectivity index (χ2n) is 7.27. The van der Waals surface area contributed by atoms with E-state index in [0.29, 0.717) is 17.6 Å². The molecule has 4 nitrogen and oxygen atoms in total. The Morgan fingerprint density at radius 2 is 2.16 bits per heavy atom. The summed E-state index contributed by atoms with van der Waals surface area (Å²) in [4.78, 5) is 24.7. The molecule has 3 atom stereocenters. The molecule has 0 aromatic carbocycles.